The first-order valence-electron chi connectivity index (χ1n) is 9.48. The summed E-state index contributed by atoms with van der Waals surface area (Å²) in [5.41, 5.74) is 2.12. The number of anilines is 1. The number of hydrogen-bond acceptors (Lipinski definition) is 5. The lowest BCUT2D eigenvalue weighted by molar-refractivity contribution is 0.571. The summed E-state index contributed by atoms with van der Waals surface area (Å²) in [6, 6.07) is 17.5. The lowest BCUT2D eigenvalue weighted by Gasteiger charge is -2.29. The minimum Gasteiger partial charge on any atom is -0.457 e. The van der Waals surface area contributed by atoms with E-state index in [2.05, 4.69) is 29.2 Å². The minimum absolute atomic E-state index is 0.256. The number of fused-ring (bicyclic) bond motifs is 1. The average molecular weight is 407 g/mol. The van der Waals surface area contributed by atoms with E-state index in [1.165, 1.54) is 24.9 Å². The van der Waals surface area contributed by atoms with E-state index in [0.29, 0.717) is 5.76 Å². The van der Waals surface area contributed by atoms with Crippen molar-refractivity contribution < 1.29 is 12.8 Å². The third-order valence-electron chi connectivity index (χ3n) is 5.15. The van der Waals surface area contributed by atoms with Crippen LogP contribution in [-0.4, -0.2) is 21.5 Å². The van der Waals surface area contributed by atoms with Gasteiger partial charge < -0.3 is 9.32 Å². The Kier molecular flexibility index (Phi) is 5.14. The maximum atomic E-state index is 11.4. The quantitative estimate of drug-likeness (QED) is 0.652. The van der Waals surface area contributed by atoms with Crippen molar-refractivity contribution in [3.05, 3.63) is 59.2 Å². The molecule has 0 spiro atoms. The normalized spacial score (nSPS) is 15.4. The molecule has 1 fully saturated rings. The molecule has 29 heavy (non-hydrogen) atoms. The molecule has 2 heterocycles. The maximum absolute atomic E-state index is 11.4. The fourth-order valence-corrected chi connectivity index (χ4v) is 4.04. The SMILES string of the molecule is N#C/C(=C\c1ccc(-c2ccc3cc(N4CCCCC4)ccc3c2)o1)S(N)(=O)=O. The van der Waals surface area contributed by atoms with Gasteiger partial charge in [0.1, 0.15) is 17.6 Å². The molecule has 148 valence electrons. The standard InChI is InChI=1S/C22H21N3O3S/c23-15-21(29(24,26)27)14-20-8-9-22(28-20)18-5-4-17-13-19(7-6-16(17)12-18)25-10-2-1-3-11-25/h4-9,12-14H,1-3,10-11H2,(H2,24,26,27)/b21-14+. The Labute approximate surface area is 169 Å². The van der Waals surface area contributed by atoms with E-state index < -0.39 is 14.9 Å². The van der Waals surface area contributed by atoms with Gasteiger partial charge in [-0.2, -0.15) is 5.26 Å². The van der Waals surface area contributed by atoms with Crippen LogP contribution in [0.1, 0.15) is 25.0 Å². The number of nitrogens with two attached hydrogens (primary N) is 1. The second-order valence-electron chi connectivity index (χ2n) is 7.16. The number of sulfonamides is 1. The first kappa shape index (κ1) is 19.2. The molecule has 0 bridgehead atoms. The lowest BCUT2D eigenvalue weighted by Crippen LogP contribution is -2.29. The van der Waals surface area contributed by atoms with Gasteiger partial charge in [0.15, 0.2) is 4.91 Å². The Morgan fingerprint density at radius 3 is 2.48 bits per heavy atom. The second kappa shape index (κ2) is 7.74. The minimum atomic E-state index is -4.07. The molecule has 0 radical (unpaired) electrons. The van der Waals surface area contributed by atoms with Crippen molar-refractivity contribution in [1.29, 1.82) is 5.26 Å². The largest absolute Gasteiger partial charge is 0.457 e. The third kappa shape index (κ3) is 4.19. The smallest absolute Gasteiger partial charge is 0.248 e. The first-order chi connectivity index (χ1) is 13.9. The Morgan fingerprint density at radius 2 is 1.76 bits per heavy atom. The van der Waals surface area contributed by atoms with Gasteiger partial charge >= 0.3 is 0 Å². The summed E-state index contributed by atoms with van der Waals surface area (Å²) in [6.07, 6.45) is 4.92. The zero-order valence-electron chi connectivity index (χ0n) is 15.8. The zero-order chi connectivity index (χ0) is 20.4. The molecule has 7 heteroatoms. The van der Waals surface area contributed by atoms with E-state index in [-0.39, 0.29) is 5.76 Å². The molecule has 1 aliphatic rings. The van der Waals surface area contributed by atoms with Crippen molar-refractivity contribution >= 4 is 32.6 Å². The Bertz CT molecular complexity index is 1230. The molecule has 0 atom stereocenters. The molecule has 2 N–H and O–H groups in total. The summed E-state index contributed by atoms with van der Waals surface area (Å²) >= 11 is 0. The number of furan rings is 1. The fraction of sp³-hybridized carbons (Fsp3) is 0.227. The highest BCUT2D eigenvalue weighted by Crippen LogP contribution is 2.30. The van der Waals surface area contributed by atoms with Crippen molar-refractivity contribution in [2.75, 3.05) is 18.0 Å². The van der Waals surface area contributed by atoms with Gasteiger partial charge in [-0.25, -0.2) is 13.6 Å². The van der Waals surface area contributed by atoms with Gasteiger partial charge in [0.2, 0.25) is 10.0 Å². The summed E-state index contributed by atoms with van der Waals surface area (Å²) in [5, 5.41) is 16.2. The maximum Gasteiger partial charge on any atom is 0.248 e. The summed E-state index contributed by atoms with van der Waals surface area (Å²) in [4.78, 5) is 1.89. The van der Waals surface area contributed by atoms with Crippen molar-refractivity contribution in [3.63, 3.8) is 0 Å². The van der Waals surface area contributed by atoms with E-state index >= 15 is 0 Å². The molecule has 0 unspecified atom stereocenters. The number of hydrogen-bond donors (Lipinski definition) is 1. The molecule has 3 aromatic rings. The van der Waals surface area contributed by atoms with E-state index in [0.717, 1.165) is 35.5 Å². The van der Waals surface area contributed by atoms with E-state index in [9.17, 15) is 8.42 Å². The highest BCUT2D eigenvalue weighted by Gasteiger charge is 2.14. The number of rotatable bonds is 4. The Balaban J connectivity index is 1.63. The summed E-state index contributed by atoms with van der Waals surface area (Å²) in [5.74, 6) is 0.844. The predicted octanol–water partition coefficient (Wildman–Crippen LogP) is 4.24. The predicted molar refractivity (Wildman–Crippen MR) is 114 cm³/mol. The van der Waals surface area contributed by atoms with Crippen LogP contribution in [0.25, 0.3) is 28.2 Å². The van der Waals surface area contributed by atoms with Gasteiger partial charge in [-0.3, -0.25) is 0 Å². The molecule has 0 saturated carbocycles. The molecular weight excluding hydrogens is 386 g/mol. The van der Waals surface area contributed by atoms with E-state index in [1.807, 2.05) is 12.1 Å². The van der Waals surface area contributed by atoms with Gasteiger partial charge in [0.05, 0.1) is 0 Å². The average Bonchev–Trinajstić information content (AvgIpc) is 3.20. The van der Waals surface area contributed by atoms with Crippen LogP contribution in [0.4, 0.5) is 5.69 Å². The highest BCUT2D eigenvalue weighted by atomic mass is 32.2. The number of primary sulfonamides is 1. The molecule has 2 aromatic carbocycles. The van der Waals surface area contributed by atoms with Gasteiger partial charge in [-0.15, -0.1) is 0 Å². The zero-order valence-corrected chi connectivity index (χ0v) is 16.7. The number of piperidine rings is 1. The Hall–Kier alpha value is -3.08. The molecule has 0 amide bonds. The van der Waals surface area contributed by atoms with Crippen molar-refractivity contribution in [2.45, 2.75) is 19.3 Å². The summed E-state index contributed by atoms with van der Waals surface area (Å²) in [7, 11) is -4.07. The van der Waals surface area contributed by atoms with Crippen LogP contribution in [0.15, 0.2) is 57.9 Å². The van der Waals surface area contributed by atoms with Gasteiger partial charge in [-0.1, -0.05) is 18.2 Å². The van der Waals surface area contributed by atoms with E-state index in [4.69, 9.17) is 14.8 Å². The number of benzene rings is 2. The number of allylic oxidation sites excluding steroid dienone is 1. The highest BCUT2D eigenvalue weighted by molar-refractivity contribution is 7.93. The van der Waals surface area contributed by atoms with Crippen LogP contribution in [0.5, 0.6) is 0 Å². The van der Waals surface area contributed by atoms with Gasteiger partial charge in [0, 0.05) is 30.4 Å². The van der Waals surface area contributed by atoms with Gasteiger partial charge in [-0.05, 0) is 60.4 Å². The lowest BCUT2D eigenvalue weighted by atomic mass is 10.0. The van der Waals surface area contributed by atoms with Crippen LogP contribution in [0.3, 0.4) is 0 Å². The molecule has 4 rings (SSSR count). The Morgan fingerprint density at radius 1 is 1.03 bits per heavy atom. The summed E-state index contributed by atoms with van der Waals surface area (Å²) in [6.45, 7) is 2.21. The van der Waals surface area contributed by atoms with E-state index in [1.54, 1.807) is 18.2 Å². The van der Waals surface area contributed by atoms with Crippen LogP contribution in [0, 0.1) is 11.3 Å². The molecule has 1 aliphatic heterocycles. The van der Waals surface area contributed by atoms with Crippen molar-refractivity contribution in [3.8, 4) is 17.4 Å². The van der Waals surface area contributed by atoms with Crippen LogP contribution < -0.4 is 10.0 Å². The molecule has 6 nitrogen and oxygen atoms in total. The van der Waals surface area contributed by atoms with Crippen LogP contribution >= 0.6 is 0 Å². The first-order valence-corrected chi connectivity index (χ1v) is 11.0. The number of nitrogens with zero attached hydrogens (tertiary/aromatic N) is 2. The molecule has 1 saturated heterocycles. The van der Waals surface area contributed by atoms with Crippen LogP contribution in [0.2, 0.25) is 0 Å². The second-order valence-corrected chi connectivity index (χ2v) is 8.69. The topological polar surface area (TPSA) is 100 Å². The third-order valence-corrected chi connectivity index (χ3v) is 5.97. The van der Waals surface area contributed by atoms with Crippen molar-refractivity contribution in [1.82, 2.24) is 0 Å². The summed E-state index contributed by atoms with van der Waals surface area (Å²) < 4.78 is 28.5. The molecule has 0 aliphatic carbocycles. The molecular formula is C22H21N3O3S. The monoisotopic (exact) mass is 407 g/mol. The fourth-order valence-electron chi connectivity index (χ4n) is 3.63. The van der Waals surface area contributed by atoms with Crippen LogP contribution in [-0.2, 0) is 10.0 Å². The number of nitriles is 1. The van der Waals surface area contributed by atoms with Gasteiger partial charge in [0.25, 0.3) is 0 Å². The van der Waals surface area contributed by atoms with Crippen molar-refractivity contribution in [2.24, 2.45) is 5.14 Å². The molecule has 1 aromatic heterocycles.